The summed E-state index contributed by atoms with van der Waals surface area (Å²) in [5, 5.41) is 11.4. The van der Waals surface area contributed by atoms with Crippen LogP contribution in [0.4, 0.5) is 0 Å². The number of carbonyl (C=O) groups is 1. The Labute approximate surface area is 206 Å². The Morgan fingerprint density at radius 1 is 1.32 bits per heavy atom. The average Bonchev–Trinajstić information content (AvgIpc) is 3.14. The maximum Gasteiger partial charge on any atom is 0.337 e. The fourth-order valence-electron chi connectivity index (χ4n) is 5.09. The molecule has 34 heavy (non-hydrogen) atoms. The maximum atomic E-state index is 12.6. The van der Waals surface area contributed by atoms with Crippen LogP contribution in [-0.2, 0) is 22.4 Å². The lowest BCUT2D eigenvalue weighted by atomic mass is 9.83. The standard InChI is InChI=1S/C28H35NO4S/c1-8-17-12-13-18(19(14-17)32-7)23-22(25(27(30)31)33-28(4,5)6)16(3)29-26-24(23)21-15(2)10-9-11-20(21)34-26/h12-15,25H,8-11H2,1-7H3,(H,30,31). The van der Waals surface area contributed by atoms with Crippen LogP contribution >= 0.6 is 11.3 Å². The van der Waals surface area contributed by atoms with Crippen molar-refractivity contribution in [2.24, 2.45) is 0 Å². The van der Waals surface area contributed by atoms with E-state index < -0.39 is 17.7 Å². The van der Waals surface area contributed by atoms with Crippen molar-refractivity contribution in [2.75, 3.05) is 7.11 Å². The first-order chi connectivity index (χ1) is 16.1. The van der Waals surface area contributed by atoms with Crippen molar-refractivity contribution in [3.63, 3.8) is 0 Å². The number of aliphatic carboxylic acids is 1. The van der Waals surface area contributed by atoms with Gasteiger partial charge in [-0.25, -0.2) is 9.78 Å². The van der Waals surface area contributed by atoms with E-state index in [0.29, 0.717) is 17.2 Å². The molecule has 0 bridgehead atoms. The number of carboxylic acid groups (broad SMARTS) is 1. The van der Waals surface area contributed by atoms with Crippen LogP contribution in [0, 0.1) is 6.92 Å². The zero-order valence-corrected chi connectivity index (χ0v) is 22.1. The molecule has 1 aromatic carbocycles. The predicted molar refractivity (Wildman–Crippen MR) is 138 cm³/mol. The van der Waals surface area contributed by atoms with E-state index in [-0.39, 0.29) is 0 Å². The molecule has 0 aliphatic heterocycles. The van der Waals surface area contributed by atoms with Gasteiger partial charge in [-0.3, -0.25) is 0 Å². The van der Waals surface area contributed by atoms with Crippen molar-refractivity contribution in [3.05, 3.63) is 45.5 Å². The molecule has 1 N–H and O–H groups in total. The number of pyridine rings is 1. The van der Waals surface area contributed by atoms with Gasteiger partial charge in [0.2, 0.25) is 0 Å². The van der Waals surface area contributed by atoms with Crippen molar-refractivity contribution in [1.29, 1.82) is 0 Å². The first kappa shape index (κ1) is 24.7. The van der Waals surface area contributed by atoms with Crippen molar-refractivity contribution in [1.82, 2.24) is 4.98 Å². The van der Waals surface area contributed by atoms with Gasteiger partial charge in [-0.2, -0.15) is 0 Å². The van der Waals surface area contributed by atoms with E-state index >= 15 is 0 Å². The SMILES string of the molecule is CCc1ccc(-c2c(C(OC(C)(C)C)C(=O)O)c(C)nc3sc4c(c23)C(C)CCC4)c(OC)c1. The Bertz CT molecular complexity index is 1240. The first-order valence-corrected chi connectivity index (χ1v) is 12.9. The van der Waals surface area contributed by atoms with E-state index in [2.05, 4.69) is 32.0 Å². The molecular weight excluding hydrogens is 446 g/mol. The molecule has 5 nitrogen and oxygen atoms in total. The predicted octanol–water partition coefficient (Wildman–Crippen LogP) is 7.22. The number of fused-ring (bicyclic) bond motifs is 3. The summed E-state index contributed by atoms with van der Waals surface area (Å²) >= 11 is 1.75. The minimum Gasteiger partial charge on any atom is -0.496 e. The van der Waals surface area contributed by atoms with Crippen LogP contribution in [-0.4, -0.2) is 28.8 Å². The van der Waals surface area contributed by atoms with Gasteiger partial charge in [0.15, 0.2) is 6.10 Å². The lowest BCUT2D eigenvalue weighted by Gasteiger charge is -2.29. The molecule has 3 aromatic rings. The second-order valence-corrected chi connectivity index (χ2v) is 11.3. The Kier molecular flexibility index (Phi) is 6.76. The number of hydrogen-bond donors (Lipinski definition) is 1. The van der Waals surface area contributed by atoms with E-state index in [1.807, 2.05) is 27.7 Å². The quantitative estimate of drug-likeness (QED) is 0.402. The third-order valence-corrected chi connectivity index (χ3v) is 7.78. The summed E-state index contributed by atoms with van der Waals surface area (Å²) in [5.74, 6) is 0.124. The summed E-state index contributed by atoms with van der Waals surface area (Å²) in [6, 6.07) is 6.23. The molecule has 2 atom stereocenters. The zero-order chi connectivity index (χ0) is 24.8. The minimum absolute atomic E-state index is 0.390. The molecule has 2 aromatic heterocycles. The number of thiophene rings is 1. The molecule has 0 fully saturated rings. The van der Waals surface area contributed by atoms with Gasteiger partial charge < -0.3 is 14.6 Å². The first-order valence-electron chi connectivity index (χ1n) is 12.1. The highest BCUT2D eigenvalue weighted by Gasteiger charge is 2.35. The molecule has 0 spiro atoms. The molecule has 2 unspecified atom stereocenters. The van der Waals surface area contributed by atoms with Gasteiger partial charge in [0.05, 0.1) is 12.7 Å². The summed E-state index contributed by atoms with van der Waals surface area (Å²) in [6.45, 7) is 11.9. The van der Waals surface area contributed by atoms with Crippen LogP contribution in [0.25, 0.3) is 21.3 Å². The lowest BCUT2D eigenvalue weighted by Crippen LogP contribution is -2.28. The second kappa shape index (κ2) is 9.31. The highest BCUT2D eigenvalue weighted by Crippen LogP contribution is 2.50. The molecule has 1 aliphatic carbocycles. The van der Waals surface area contributed by atoms with Gasteiger partial charge in [-0.1, -0.05) is 26.0 Å². The van der Waals surface area contributed by atoms with E-state index in [0.717, 1.165) is 46.4 Å². The van der Waals surface area contributed by atoms with Gasteiger partial charge in [0.1, 0.15) is 10.6 Å². The Balaban J connectivity index is 2.15. The van der Waals surface area contributed by atoms with Crippen LogP contribution in [0.15, 0.2) is 18.2 Å². The van der Waals surface area contributed by atoms with Gasteiger partial charge in [-0.15, -0.1) is 11.3 Å². The zero-order valence-electron chi connectivity index (χ0n) is 21.2. The third kappa shape index (κ3) is 4.46. The van der Waals surface area contributed by atoms with Crippen LogP contribution in [0.1, 0.15) is 86.7 Å². The fraction of sp³-hybridized carbons (Fsp3) is 0.500. The normalized spacial score (nSPS) is 17.0. The maximum absolute atomic E-state index is 12.6. The Morgan fingerprint density at radius 3 is 2.68 bits per heavy atom. The number of methoxy groups -OCH3 is 1. The molecule has 0 saturated carbocycles. The number of ether oxygens (including phenoxy) is 2. The smallest absolute Gasteiger partial charge is 0.337 e. The monoisotopic (exact) mass is 481 g/mol. The van der Waals surface area contributed by atoms with Crippen LogP contribution < -0.4 is 4.74 Å². The lowest BCUT2D eigenvalue weighted by molar-refractivity contribution is -0.160. The van der Waals surface area contributed by atoms with E-state index in [1.54, 1.807) is 18.4 Å². The molecule has 182 valence electrons. The van der Waals surface area contributed by atoms with Crippen molar-refractivity contribution in [3.8, 4) is 16.9 Å². The molecule has 2 heterocycles. The average molecular weight is 482 g/mol. The van der Waals surface area contributed by atoms with Crippen molar-refractivity contribution >= 4 is 27.5 Å². The van der Waals surface area contributed by atoms with Crippen LogP contribution in [0.2, 0.25) is 0 Å². The molecular formula is C28H35NO4S. The van der Waals surface area contributed by atoms with Crippen molar-refractivity contribution in [2.45, 2.75) is 84.8 Å². The van der Waals surface area contributed by atoms with Crippen molar-refractivity contribution < 1.29 is 19.4 Å². The molecule has 6 heteroatoms. The fourth-order valence-corrected chi connectivity index (χ4v) is 6.48. The molecule has 1 aliphatic rings. The van der Waals surface area contributed by atoms with E-state index in [9.17, 15) is 9.90 Å². The van der Waals surface area contributed by atoms with Gasteiger partial charge >= 0.3 is 5.97 Å². The summed E-state index contributed by atoms with van der Waals surface area (Å²) < 4.78 is 12.0. The minimum atomic E-state index is -1.14. The summed E-state index contributed by atoms with van der Waals surface area (Å²) in [4.78, 5) is 19.9. The molecule has 0 amide bonds. The van der Waals surface area contributed by atoms with Gasteiger partial charge in [0, 0.05) is 32.6 Å². The Morgan fingerprint density at radius 2 is 2.06 bits per heavy atom. The number of carboxylic acids is 1. The highest BCUT2D eigenvalue weighted by atomic mass is 32.1. The number of aryl methyl sites for hydroxylation is 3. The van der Waals surface area contributed by atoms with Gasteiger partial charge in [0.25, 0.3) is 0 Å². The summed E-state index contributed by atoms with van der Waals surface area (Å²) in [7, 11) is 1.68. The number of benzene rings is 1. The Hall–Kier alpha value is -2.44. The summed E-state index contributed by atoms with van der Waals surface area (Å²) in [5.41, 5.74) is 4.95. The summed E-state index contributed by atoms with van der Waals surface area (Å²) in [6.07, 6.45) is 3.08. The van der Waals surface area contributed by atoms with Crippen LogP contribution in [0.5, 0.6) is 5.75 Å². The van der Waals surface area contributed by atoms with E-state index in [1.165, 1.54) is 22.4 Å². The van der Waals surface area contributed by atoms with Gasteiger partial charge in [-0.05, 0) is 76.5 Å². The van der Waals surface area contributed by atoms with E-state index in [4.69, 9.17) is 14.5 Å². The number of rotatable bonds is 6. The third-order valence-electron chi connectivity index (χ3n) is 6.62. The number of hydrogen-bond acceptors (Lipinski definition) is 5. The highest BCUT2D eigenvalue weighted by molar-refractivity contribution is 7.19. The number of nitrogens with zero attached hydrogens (tertiary/aromatic N) is 1. The second-order valence-electron chi connectivity index (χ2n) is 10.2. The van der Waals surface area contributed by atoms with Crippen LogP contribution in [0.3, 0.4) is 0 Å². The largest absolute Gasteiger partial charge is 0.496 e. The molecule has 4 rings (SSSR count). The topological polar surface area (TPSA) is 68.7 Å². The number of aromatic nitrogens is 1. The molecule has 0 radical (unpaired) electrons. The molecule has 0 saturated heterocycles.